The van der Waals surface area contributed by atoms with E-state index in [1.165, 1.54) is 6.08 Å². The quantitative estimate of drug-likeness (QED) is 0.409. The van der Waals surface area contributed by atoms with Crippen molar-refractivity contribution < 1.29 is 14.7 Å². The Morgan fingerprint density at radius 1 is 1.62 bits per heavy atom. The third-order valence-corrected chi connectivity index (χ3v) is 1.31. The molecule has 1 amide bonds. The van der Waals surface area contributed by atoms with Crippen molar-refractivity contribution in [3.63, 3.8) is 0 Å². The van der Waals surface area contributed by atoms with Crippen LogP contribution >= 0.6 is 0 Å². The molecule has 0 aromatic heterocycles. The van der Waals surface area contributed by atoms with Crippen molar-refractivity contribution in [2.24, 2.45) is 0 Å². The second-order valence-electron chi connectivity index (χ2n) is 3.80. The first kappa shape index (κ1) is 12.0. The SMILES string of the molecule is C=C[C@H](C)N(O)C(=O)OC(C)(C)C. The van der Waals surface area contributed by atoms with E-state index in [0.717, 1.165) is 0 Å². The van der Waals surface area contributed by atoms with Crippen molar-refractivity contribution in [3.8, 4) is 0 Å². The van der Waals surface area contributed by atoms with Gasteiger partial charge in [0.25, 0.3) is 0 Å². The number of hydrogen-bond donors (Lipinski definition) is 1. The first-order valence-corrected chi connectivity index (χ1v) is 4.11. The standard InChI is InChI=1S/C9H17NO3/c1-6-7(2)10(12)8(11)13-9(3,4)5/h6-7,12H,1H2,2-5H3/t7-/m0/s1. The predicted molar refractivity (Wildman–Crippen MR) is 49.5 cm³/mol. The summed E-state index contributed by atoms with van der Waals surface area (Å²) in [7, 11) is 0. The van der Waals surface area contributed by atoms with Crippen LogP contribution in [0.1, 0.15) is 27.7 Å². The van der Waals surface area contributed by atoms with Crippen molar-refractivity contribution in [1.29, 1.82) is 0 Å². The minimum atomic E-state index is -0.764. The number of rotatable bonds is 2. The fourth-order valence-corrected chi connectivity index (χ4v) is 0.575. The molecule has 0 aromatic rings. The molecular formula is C9H17NO3. The van der Waals surface area contributed by atoms with E-state index in [-0.39, 0.29) is 0 Å². The summed E-state index contributed by atoms with van der Waals surface area (Å²) >= 11 is 0. The highest BCUT2D eigenvalue weighted by atomic mass is 16.6. The average Bonchev–Trinajstić information content (AvgIpc) is 1.98. The van der Waals surface area contributed by atoms with Gasteiger partial charge in [0.05, 0.1) is 6.04 Å². The topological polar surface area (TPSA) is 49.8 Å². The first-order chi connectivity index (χ1) is 5.78. The van der Waals surface area contributed by atoms with Gasteiger partial charge in [-0.1, -0.05) is 6.08 Å². The van der Waals surface area contributed by atoms with E-state index >= 15 is 0 Å². The molecule has 0 unspecified atom stereocenters. The van der Waals surface area contributed by atoms with E-state index in [2.05, 4.69) is 6.58 Å². The molecule has 0 aliphatic carbocycles. The van der Waals surface area contributed by atoms with Gasteiger partial charge in [-0.25, -0.2) is 4.79 Å². The van der Waals surface area contributed by atoms with Crippen LogP contribution < -0.4 is 0 Å². The van der Waals surface area contributed by atoms with Gasteiger partial charge in [-0.3, -0.25) is 5.21 Å². The van der Waals surface area contributed by atoms with Gasteiger partial charge < -0.3 is 4.74 Å². The van der Waals surface area contributed by atoms with Crippen LogP contribution in [0.5, 0.6) is 0 Å². The van der Waals surface area contributed by atoms with Crippen molar-refractivity contribution in [1.82, 2.24) is 5.06 Å². The molecular weight excluding hydrogens is 170 g/mol. The lowest BCUT2D eigenvalue weighted by Crippen LogP contribution is -2.38. The van der Waals surface area contributed by atoms with Crippen LogP contribution in [-0.2, 0) is 4.74 Å². The highest BCUT2D eigenvalue weighted by Crippen LogP contribution is 2.10. The van der Waals surface area contributed by atoms with Crippen LogP contribution in [0.2, 0.25) is 0 Å². The van der Waals surface area contributed by atoms with Crippen molar-refractivity contribution in [3.05, 3.63) is 12.7 Å². The van der Waals surface area contributed by atoms with Crippen molar-refractivity contribution in [2.75, 3.05) is 0 Å². The molecule has 4 nitrogen and oxygen atoms in total. The molecule has 0 radical (unpaired) electrons. The Hall–Kier alpha value is -1.03. The maximum absolute atomic E-state index is 11.2. The molecule has 0 spiro atoms. The maximum Gasteiger partial charge on any atom is 0.434 e. The Morgan fingerprint density at radius 2 is 2.08 bits per heavy atom. The summed E-state index contributed by atoms with van der Waals surface area (Å²) in [5, 5.41) is 9.75. The van der Waals surface area contributed by atoms with E-state index in [9.17, 15) is 10.0 Å². The van der Waals surface area contributed by atoms with Crippen LogP contribution in [-0.4, -0.2) is 28.0 Å². The molecule has 0 saturated carbocycles. The van der Waals surface area contributed by atoms with Gasteiger partial charge in [0, 0.05) is 0 Å². The minimum Gasteiger partial charge on any atom is -0.442 e. The zero-order chi connectivity index (χ0) is 10.6. The number of nitrogens with zero attached hydrogens (tertiary/aromatic N) is 1. The summed E-state index contributed by atoms with van der Waals surface area (Å²) in [6.45, 7) is 10.3. The third kappa shape index (κ3) is 4.52. The summed E-state index contributed by atoms with van der Waals surface area (Å²) in [6, 6.07) is -0.449. The molecule has 13 heavy (non-hydrogen) atoms. The van der Waals surface area contributed by atoms with Gasteiger partial charge in [0.1, 0.15) is 5.60 Å². The smallest absolute Gasteiger partial charge is 0.434 e. The lowest BCUT2D eigenvalue weighted by molar-refractivity contribution is -0.106. The van der Waals surface area contributed by atoms with E-state index in [0.29, 0.717) is 5.06 Å². The molecule has 0 aliphatic rings. The Bertz CT molecular complexity index is 196. The summed E-state index contributed by atoms with van der Waals surface area (Å²) in [5.41, 5.74) is -0.598. The van der Waals surface area contributed by atoms with Crippen LogP contribution in [0.25, 0.3) is 0 Å². The molecule has 0 aromatic carbocycles. The van der Waals surface area contributed by atoms with E-state index in [1.54, 1.807) is 27.7 Å². The normalized spacial score (nSPS) is 13.3. The molecule has 76 valence electrons. The summed E-state index contributed by atoms with van der Waals surface area (Å²) in [4.78, 5) is 11.2. The Labute approximate surface area is 78.8 Å². The highest BCUT2D eigenvalue weighted by molar-refractivity contribution is 5.67. The second-order valence-corrected chi connectivity index (χ2v) is 3.80. The van der Waals surface area contributed by atoms with Gasteiger partial charge in [-0.2, -0.15) is 5.06 Å². The van der Waals surface area contributed by atoms with Crippen molar-refractivity contribution in [2.45, 2.75) is 39.3 Å². The second kappa shape index (κ2) is 4.28. The third-order valence-electron chi connectivity index (χ3n) is 1.31. The zero-order valence-electron chi connectivity index (χ0n) is 8.57. The largest absolute Gasteiger partial charge is 0.442 e. The summed E-state index contributed by atoms with van der Waals surface area (Å²) in [6.07, 6.45) is 0.684. The average molecular weight is 187 g/mol. The van der Waals surface area contributed by atoms with Gasteiger partial charge in [-0.15, -0.1) is 6.58 Å². The molecule has 0 saturated heterocycles. The van der Waals surface area contributed by atoms with Crippen molar-refractivity contribution >= 4 is 6.09 Å². The fourth-order valence-electron chi connectivity index (χ4n) is 0.575. The summed E-state index contributed by atoms with van der Waals surface area (Å²) < 4.78 is 4.91. The lowest BCUT2D eigenvalue weighted by atomic mass is 10.2. The van der Waals surface area contributed by atoms with Crippen LogP contribution in [0.4, 0.5) is 4.79 Å². The molecule has 0 heterocycles. The van der Waals surface area contributed by atoms with E-state index < -0.39 is 17.7 Å². The van der Waals surface area contributed by atoms with E-state index in [1.807, 2.05) is 0 Å². The fraction of sp³-hybridized carbons (Fsp3) is 0.667. The number of ether oxygens (including phenoxy) is 1. The number of hydroxylamine groups is 2. The summed E-state index contributed by atoms with van der Waals surface area (Å²) in [5.74, 6) is 0. The molecule has 0 aliphatic heterocycles. The Morgan fingerprint density at radius 3 is 2.38 bits per heavy atom. The highest BCUT2D eigenvalue weighted by Gasteiger charge is 2.23. The minimum absolute atomic E-state index is 0.449. The first-order valence-electron chi connectivity index (χ1n) is 4.11. The molecule has 1 atom stereocenters. The Kier molecular flexibility index (Phi) is 3.94. The molecule has 0 bridgehead atoms. The van der Waals surface area contributed by atoms with Gasteiger partial charge >= 0.3 is 6.09 Å². The number of amides is 1. The van der Waals surface area contributed by atoms with Gasteiger partial charge in [0.2, 0.25) is 0 Å². The zero-order valence-corrected chi connectivity index (χ0v) is 8.57. The molecule has 0 fully saturated rings. The number of hydrogen-bond acceptors (Lipinski definition) is 3. The predicted octanol–water partition coefficient (Wildman–Crippen LogP) is 2.19. The lowest BCUT2D eigenvalue weighted by Gasteiger charge is -2.25. The molecule has 0 rings (SSSR count). The Balaban J connectivity index is 4.19. The molecule has 1 N–H and O–H groups in total. The van der Waals surface area contributed by atoms with Crippen LogP contribution in [0.3, 0.4) is 0 Å². The van der Waals surface area contributed by atoms with E-state index in [4.69, 9.17) is 4.74 Å². The number of carbonyl (C=O) groups is 1. The van der Waals surface area contributed by atoms with Gasteiger partial charge in [-0.05, 0) is 27.7 Å². The maximum atomic E-state index is 11.2. The monoisotopic (exact) mass is 187 g/mol. The number of carbonyl (C=O) groups excluding carboxylic acids is 1. The van der Waals surface area contributed by atoms with Crippen LogP contribution in [0, 0.1) is 0 Å². The van der Waals surface area contributed by atoms with Gasteiger partial charge in [0.15, 0.2) is 0 Å². The molecule has 4 heteroatoms. The van der Waals surface area contributed by atoms with Crippen LogP contribution in [0.15, 0.2) is 12.7 Å².